The minimum atomic E-state index is -5.14. The van der Waals surface area contributed by atoms with Gasteiger partial charge in [-0.05, 0) is 35.2 Å². The Bertz CT molecular complexity index is 822. The quantitative estimate of drug-likeness (QED) is 0.362. The number of thiophene rings is 1. The normalized spacial score (nSPS) is 13.9. The van der Waals surface area contributed by atoms with Crippen molar-refractivity contribution in [3.8, 4) is 11.5 Å². The van der Waals surface area contributed by atoms with Crippen LogP contribution < -0.4 is 9.47 Å². The monoisotopic (exact) mass is 354 g/mol. The predicted molar refractivity (Wildman–Crippen MR) is 80.3 cm³/mol. The number of fused-ring (bicyclic) bond motifs is 1. The zero-order valence-corrected chi connectivity index (χ0v) is 12.7. The van der Waals surface area contributed by atoms with Gasteiger partial charge in [-0.2, -0.15) is 13.2 Å². The van der Waals surface area contributed by atoms with Crippen LogP contribution in [0.25, 0.3) is 6.08 Å². The molecule has 1 aliphatic heterocycles. The molecule has 8 heteroatoms. The molecular formula is C16H9F3O4S. The second kappa shape index (κ2) is 6.12. The number of allylic oxidation sites excluding steroid dienone is 1. The molecule has 0 saturated carbocycles. The van der Waals surface area contributed by atoms with E-state index in [0.29, 0.717) is 11.5 Å². The van der Waals surface area contributed by atoms with Gasteiger partial charge in [0.1, 0.15) is 0 Å². The molecule has 124 valence electrons. The number of Topliss-reactive ketones (excluding diaryl/α,β-unsaturated/α-hetero) is 2. The van der Waals surface area contributed by atoms with E-state index in [1.807, 2.05) is 0 Å². The first-order valence-corrected chi connectivity index (χ1v) is 7.55. The molecule has 1 aromatic heterocycles. The van der Waals surface area contributed by atoms with Crippen molar-refractivity contribution < 1.29 is 32.2 Å². The molecule has 0 radical (unpaired) electrons. The number of rotatable bonds is 4. The minimum Gasteiger partial charge on any atom is -0.454 e. The number of ether oxygens (including phenoxy) is 2. The fourth-order valence-electron chi connectivity index (χ4n) is 2.10. The van der Waals surface area contributed by atoms with Crippen LogP contribution in [-0.4, -0.2) is 24.5 Å². The van der Waals surface area contributed by atoms with E-state index in [1.54, 1.807) is 5.38 Å². The summed E-state index contributed by atoms with van der Waals surface area (Å²) in [5, 5.41) is 1.55. The SMILES string of the molecule is O=C(/C(=C/c1ccc2c(c1)OCO2)C(=O)C(F)(F)F)c1cccs1. The predicted octanol–water partition coefficient (Wildman–Crippen LogP) is 3.87. The molecule has 2 aromatic rings. The highest BCUT2D eigenvalue weighted by atomic mass is 32.1. The minimum absolute atomic E-state index is 0.00493. The Morgan fingerprint density at radius 3 is 2.54 bits per heavy atom. The second-order valence-electron chi connectivity index (χ2n) is 4.80. The highest BCUT2D eigenvalue weighted by Crippen LogP contribution is 2.34. The molecular weight excluding hydrogens is 345 g/mol. The van der Waals surface area contributed by atoms with Crippen LogP contribution in [0.3, 0.4) is 0 Å². The molecule has 1 aromatic carbocycles. The van der Waals surface area contributed by atoms with Crippen LogP contribution in [0.1, 0.15) is 15.2 Å². The fraction of sp³-hybridized carbons (Fsp3) is 0.125. The summed E-state index contributed by atoms with van der Waals surface area (Å²) in [6.07, 6.45) is -4.23. The highest BCUT2D eigenvalue weighted by Gasteiger charge is 2.43. The van der Waals surface area contributed by atoms with Crippen molar-refractivity contribution in [2.75, 3.05) is 6.79 Å². The molecule has 0 amide bonds. The van der Waals surface area contributed by atoms with Crippen LogP contribution >= 0.6 is 11.3 Å². The number of hydrogen-bond acceptors (Lipinski definition) is 5. The topological polar surface area (TPSA) is 52.6 Å². The first-order chi connectivity index (χ1) is 11.4. The van der Waals surface area contributed by atoms with E-state index >= 15 is 0 Å². The van der Waals surface area contributed by atoms with Crippen molar-refractivity contribution >= 4 is 29.0 Å². The molecule has 0 saturated heterocycles. The van der Waals surface area contributed by atoms with Gasteiger partial charge in [-0.1, -0.05) is 12.1 Å². The Morgan fingerprint density at radius 2 is 1.88 bits per heavy atom. The van der Waals surface area contributed by atoms with E-state index in [0.717, 1.165) is 17.4 Å². The number of halogens is 3. The maximum Gasteiger partial charge on any atom is 0.455 e. The van der Waals surface area contributed by atoms with Crippen LogP contribution in [-0.2, 0) is 4.79 Å². The third-order valence-corrected chi connectivity index (χ3v) is 4.07. The van der Waals surface area contributed by atoms with Crippen LogP contribution in [0.15, 0.2) is 41.3 Å². The number of carbonyl (C=O) groups is 2. The number of benzene rings is 1. The summed E-state index contributed by atoms with van der Waals surface area (Å²) in [5.41, 5.74) is -0.708. The zero-order valence-electron chi connectivity index (χ0n) is 11.9. The van der Waals surface area contributed by atoms with Crippen molar-refractivity contribution in [1.29, 1.82) is 0 Å². The van der Waals surface area contributed by atoms with Crippen LogP contribution in [0, 0.1) is 0 Å². The standard InChI is InChI=1S/C16H9F3O4S/c17-16(18,19)15(21)10(14(20)13-2-1-5-24-13)6-9-3-4-11-12(7-9)23-8-22-11/h1-7H,8H2/b10-6-. The number of carbonyl (C=O) groups excluding carboxylic acids is 2. The van der Waals surface area contributed by atoms with E-state index in [4.69, 9.17) is 9.47 Å². The molecule has 0 spiro atoms. The van der Waals surface area contributed by atoms with Gasteiger partial charge in [-0.15, -0.1) is 11.3 Å². The first kappa shape index (κ1) is 16.3. The van der Waals surface area contributed by atoms with E-state index in [9.17, 15) is 22.8 Å². The Hall–Kier alpha value is -2.61. The van der Waals surface area contributed by atoms with Crippen LogP contribution in [0.5, 0.6) is 11.5 Å². The van der Waals surface area contributed by atoms with Crippen LogP contribution in [0.4, 0.5) is 13.2 Å². The molecule has 3 rings (SSSR count). The Labute approximate surface area is 138 Å². The van der Waals surface area contributed by atoms with Crippen molar-refractivity contribution in [3.05, 3.63) is 51.7 Å². The van der Waals surface area contributed by atoms with Gasteiger partial charge in [-0.25, -0.2) is 0 Å². The molecule has 0 fully saturated rings. The summed E-state index contributed by atoms with van der Waals surface area (Å²) in [5.74, 6) is -2.37. The van der Waals surface area contributed by atoms with Crippen molar-refractivity contribution in [2.45, 2.75) is 6.18 Å². The molecule has 2 heterocycles. The molecule has 0 N–H and O–H groups in total. The summed E-state index contributed by atoms with van der Waals surface area (Å²) < 4.78 is 48.8. The van der Waals surface area contributed by atoms with Crippen LogP contribution in [0.2, 0.25) is 0 Å². The summed E-state index contributed by atoms with van der Waals surface area (Å²) in [4.78, 5) is 24.0. The fourth-order valence-corrected chi connectivity index (χ4v) is 2.77. The number of alkyl halides is 3. The van der Waals surface area contributed by atoms with Crippen molar-refractivity contribution in [3.63, 3.8) is 0 Å². The Kier molecular flexibility index (Phi) is 4.15. The highest BCUT2D eigenvalue weighted by molar-refractivity contribution is 7.12. The van der Waals surface area contributed by atoms with E-state index in [2.05, 4.69) is 0 Å². The lowest BCUT2D eigenvalue weighted by atomic mass is 10.0. The Morgan fingerprint density at radius 1 is 1.12 bits per heavy atom. The maximum atomic E-state index is 12.8. The van der Waals surface area contributed by atoms with Gasteiger partial charge in [0.2, 0.25) is 12.6 Å². The van der Waals surface area contributed by atoms with E-state index < -0.39 is 23.3 Å². The third-order valence-electron chi connectivity index (χ3n) is 3.20. The molecule has 1 aliphatic rings. The lowest BCUT2D eigenvalue weighted by Crippen LogP contribution is -2.28. The number of ketones is 2. The second-order valence-corrected chi connectivity index (χ2v) is 5.75. The van der Waals surface area contributed by atoms with E-state index in [-0.39, 0.29) is 17.2 Å². The summed E-state index contributed by atoms with van der Waals surface area (Å²) in [6.45, 7) is 0.00493. The van der Waals surface area contributed by atoms with Gasteiger partial charge in [0.05, 0.1) is 10.5 Å². The summed E-state index contributed by atoms with van der Waals surface area (Å²) in [6, 6.07) is 7.24. The van der Waals surface area contributed by atoms with Crippen molar-refractivity contribution in [2.24, 2.45) is 0 Å². The molecule has 0 unspecified atom stereocenters. The summed E-state index contributed by atoms with van der Waals surface area (Å²) >= 11 is 0.963. The smallest absolute Gasteiger partial charge is 0.454 e. The van der Waals surface area contributed by atoms with E-state index in [1.165, 1.54) is 30.3 Å². The van der Waals surface area contributed by atoms with Gasteiger partial charge in [0.25, 0.3) is 5.78 Å². The van der Waals surface area contributed by atoms with Gasteiger partial charge in [0, 0.05) is 0 Å². The number of hydrogen-bond donors (Lipinski definition) is 0. The largest absolute Gasteiger partial charge is 0.455 e. The van der Waals surface area contributed by atoms with Crippen molar-refractivity contribution in [1.82, 2.24) is 0 Å². The molecule has 4 nitrogen and oxygen atoms in total. The molecule has 0 bridgehead atoms. The Balaban J connectivity index is 2.04. The lowest BCUT2D eigenvalue weighted by Gasteiger charge is -2.08. The first-order valence-electron chi connectivity index (χ1n) is 6.67. The molecule has 0 atom stereocenters. The van der Waals surface area contributed by atoms with Gasteiger partial charge >= 0.3 is 6.18 Å². The van der Waals surface area contributed by atoms with Gasteiger partial charge < -0.3 is 9.47 Å². The maximum absolute atomic E-state index is 12.8. The average molecular weight is 354 g/mol. The third kappa shape index (κ3) is 3.18. The summed E-state index contributed by atoms with van der Waals surface area (Å²) in [7, 11) is 0. The zero-order chi connectivity index (χ0) is 17.3. The molecule has 24 heavy (non-hydrogen) atoms. The average Bonchev–Trinajstić information content (AvgIpc) is 3.20. The van der Waals surface area contributed by atoms with Gasteiger partial charge in [0.15, 0.2) is 11.5 Å². The van der Waals surface area contributed by atoms with Gasteiger partial charge in [-0.3, -0.25) is 9.59 Å². The molecule has 0 aliphatic carbocycles. The lowest BCUT2D eigenvalue weighted by molar-refractivity contribution is -0.166.